The lowest BCUT2D eigenvalue weighted by molar-refractivity contribution is -0.153. The molecule has 0 bridgehead atoms. The van der Waals surface area contributed by atoms with E-state index >= 15 is 0 Å². The molecule has 0 fully saturated rings. The number of halogens is 3. The van der Waals surface area contributed by atoms with Crippen molar-refractivity contribution in [2.45, 2.75) is 5.25 Å². The summed E-state index contributed by atoms with van der Waals surface area (Å²) in [6.07, 6.45) is 0. The molecule has 0 aliphatic carbocycles. The van der Waals surface area contributed by atoms with E-state index in [2.05, 4.69) is 9.47 Å². The Morgan fingerprint density at radius 1 is 1.23 bits per heavy atom. The van der Waals surface area contributed by atoms with Crippen LogP contribution in [0.4, 0.5) is 8.78 Å². The second-order valence-corrected chi connectivity index (χ2v) is 6.54. The van der Waals surface area contributed by atoms with Crippen molar-refractivity contribution in [1.82, 2.24) is 0 Å². The lowest BCUT2D eigenvalue weighted by atomic mass is 10.2. The summed E-state index contributed by atoms with van der Waals surface area (Å²) in [4.78, 5) is 22.7. The van der Waals surface area contributed by atoms with Gasteiger partial charge in [-0.05, 0) is 34.7 Å². The van der Waals surface area contributed by atoms with E-state index in [-0.39, 0.29) is 5.56 Å². The maximum absolute atomic E-state index is 12.8. The Hall–Kier alpha value is -1.34. The molecule has 1 aromatic carbocycles. The molecule has 0 aromatic heterocycles. The van der Waals surface area contributed by atoms with Crippen LogP contribution >= 0.6 is 22.6 Å². The van der Waals surface area contributed by atoms with Gasteiger partial charge in [-0.3, -0.25) is 4.55 Å². The number of rotatable bonds is 6. The van der Waals surface area contributed by atoms with E-state index in [4.69, 9.17) is 4.55 Å². The Morgan fingerprint density at radius 2 is 1.82 bits per heavy atom. The monoisotopic (exact) mass is 450 g/mol. The Kier molecular flexibility index (Phi) is 6.19. The molecule has 0 aliphatic rings. The predicted molar refractivity (Wildman–Crippen MR) is 76.9 cm³/mol. The fourth-order valence-corrected chi connectivity index (χ4v) is 1.93. The number of carbonyl (C=O) groups is 2. The minimum absolute atomic E-state index is 0.166. The molecule has 0 heterocycles. The van der Waals surface area contributed by atoms with E-state index in [1.165, 1.54) is 6.07 Å². The third-order valence-electron chi connectivity index (χ3n) is 2.19. The van der Waals surface area contributed by atoms with E-state index < -0.39 is 40.5 Å². The zero-order valence-electron chi connectivity index (χ0n) is 10.7. The molecular weight excluding hydrogens is 441 g/mol. The Labute approximate surface area is 137 Å². The first kappa shape index (κ1) is 18.7. The minimum Gasteiger partial charge on any atom is -0.455 e. The number of hydrogen-bond acceptors (Lipinski definition) is 6. The van der Waals surface area contributed by atoms with Crippen LogP contribution in [0.1, 0.15) is 10.4 Å². The Bertz CT molecular complexity index is 675. The van der Waals surface area contributed by atoms with Crippen LogP contribution in [0.2, 0.25) is 0 Å². The average molecular weight is 450 g/mol. The van der Waals surface area contributed by atoms with Gasteiger partial charge >= 0.3 is 27.3 Å². The van der Waals surface area contributed by atoms with Gasteiger partial charge in [0.1, 0.15) is 0 Å². The molecule has 1 aromatic rings. The van der Waals surface area contributed by atoms with Crippen LogP contribution in [0.5, 0.6) is 0 Å². The minimum atomic E-state index is -5.70. The second kappa shape index (κ2) is 7.28. The molecule has 22 heavy (non-hydrogen) atoms. The van der Waals surface area contributed by atoms with Crippen LogP contribution in [0.25, 0.3) is 0 Å². The topological polar surface area (TPSA) is 107 Å². The first-order chi connectivity index (χ1) is 10.0. The largest absolute Gasteiger partial charge is 0.455 e. The summed E-state index contributed by atoms with van der Waals surface area (Å²) in [6, 6.07) is 6.28. The van der Waals surface area contributed by atoms with Crippen LogP contribution in [-0.4, -0.2) is 43.4 Å². The van der Waals surface area contributed by atoms with Gasteiger partial charge in [0.2, 0.25) is 0 Å². The molecule has 1 N–H and O–H groups in total. The summed E-state index contributed by atoms with van der Waals surface area (Å²) in [5.74, 6) is -2.26. The molecule has 0 unspecified atom stereocenters. The summed E-state index contributed by atoms with van der Waals surface area (Å²) >= 11 is 1.86. The fourth-order valence-electron chi connectivity index (χ4n) is 1.11. The molecule has 0 radical (unpaired) electrons. The van der Waals surface area contributed by atoms with Gasteiger partial charge in [0, 0.05) is 3.57 Å². The van der Waals surface area contributed by atoms with Gasteiger partial charge in [-0.15, -0.1) is 0 Å². The van der Waals surface area contributed by atoms with Crippen LogP contribution < -0.4 is 0 Å². The highest BCUT2D eigenvalue weighted by molar-refractivity contribution is 14.1. The normalized spacial score (nSPS) is 11.8. The van der Waals surface area contributed by atoms with Crippen molar-refractivity contribution in [3.63, 3.8) is 0 Å². The first-order valence-corrected chi connectivity index (χ1v) is 7.98. The van der Waals surface area contributed by atoms with Crippen molar-refractivity contribution in [2.24, 2.45) is 0 Å². The lowest BCUT2D eigenvalue weighted by Gasteiger charge is -2.13. The zero-order valence-corrected chi connectivity index (χ0v) is 13.6. The molecule has 11 heteroatoms. The molecule has 1 rings (SSSR count). The molecule has 0 spiro atoms. The van der Waals surface area contributed by atoms with Gasteiger partial charge in [0.05, 0.1) is 5.56 Å². The molecule has 0 saturated heterocycles. The van der Waals surface area contributed by atoms with Crippen molar-refractivity contribution in [2.75, 3.05) is 13.2 Å². The molecular formula is C11H9F2IO7S. The Balaban J connectivity index is 2.51. The van der Waals surface area contributed by atoms with E-state index in [0.29, 0.717) is 3.57 Å². The highest BCUT2D eigenvalue weighted by Gasteiger charge is 2.45. The third-order valence-corrected chi connectivity index (χ3v) is 4.01. The number of alkyl halides is 2. The van der Waals surface area contributed by atoms with Crippen molar-refractivity contribution < 1.29 is 40.8 Å². The van der Waals surface area contributed by atoms with E-state index in [1.807, 2.05) is 22.6 Å². The lowest BCUT2D eigenvalue weighted by Crippen LogP contribution is -2.35. The van der Waals surface area contributed by atoms with Gasteiger partial charge < -0.3 is 9.47 Å². The van der Waals surface area contributed by atoms with Crippen LogP contribution in [0.15, 0.2) is 24.3 Å². The number of carbonyl (C=O) groups excluding carboxylic acids is 2. The molecule has 122 valence electrons. The third kappa shape index (κ3) is 5.14. The van der Waals surface area contributed by atoms with Crippen molar-refractivity contribution in [3.05, 3.63) is 33.4 Å². The van der Waals surface area contributed by atoms with E-state index in [1.54, 1.807) is 18.2 Å². The zero-order chi connectivity index (χ0) is 17.0. The predicted octanol–water partition coefficient (Wildman–Crippen LogP) is 1.47. The van der Waals surface area contributed by atoms with Crippen LogP contribution in [0.3, 0.4) is 0 Å². The van der Waals surface area contributed by atoms with Crippen LogP contribution in [-0.2, 0) is 24.4 Å². The molecule has 0 aliphatic heterocycles. The molecule has 0 amide bonds. The van der Waals surface area contributed by atoms with Gasteiger partial charge in [0.15, 0.2) is 13.2 Å². The van der Waals surface area contributed by atoms with Crippen molar-refractivity contribution in [1.29, 1.82) is 0 Å². The van der Waals surface area contributed by atoms with Gasteiger partial charge in [0.25, 0.3) is 0 Å². The standard InChI is InChI=1S/C11H9F2IO7S/c12-11(13,22(17,18)19)6-21-9(15)5-20-10(16)7-3-1-2-4-8(7)14/h1-4H,5-6H2,(H,17,18,19). The van der Waals surface area contributed by atoms with Gasteiger partial charge in [-0.2, -0.15) is 17.2 Å². The molecule has 0 atom stereocenters. The smallest absolute Gasteiger partial charge is 0.402 e. The van der Waals surface area contributed by atoms with Crippen molar-refractivity contribution in [3.8, 4) is 0 Å². The highest BCUT2D eigenvalue weighted by atomic mass is 127. The SMILES string of the molecule is O=C(COC(=O)c1ccccc1I)OCC(F)(F)S(=O)(=O)O. The highest BCUT2D eigenvalue weighted by Crippen LogP contribution is 2.20. The number of benzene rings is 1. The maximum Gasteiger partial charge on any atom is 0.402 e. The summed E-state index contributed by atoms with van der Waals surface area (Å²) < 4.78 is 63.4. The number of esters is 2. The van der Waals surface area contributed by atoms with Crippen LogP contribution in [0, 0.1) is 3.57 Å². The van der Waals surface area contributed by atoms with Gasteiger partial charge in [-0.1, -0.05) is 12.1 Å². The second-order valence-electron chi connectivity index (χ2n) is 3.83. The van der Waals surface area contributed by atoms with Gasteiger partial charge in [-0.25, -0.2) is 9.59 Å². The fraction of sp³-hybridized carbons (Fsp3) is 0.273. The van der Waals surface area contributed by atoms with Crippen molar-refractivity contribution >= 4 is 44.6 Å². The summed E-state index contributed by atoms with van der Waals surface area (Å²) in [6.45, 7) is -2.86. The number of ether oxygens (including phenoxy) is 2. The Morgan fingerprint density at radius 3 is 2.36 bits per heavy atom. The summed E-state index contributed by atoms with van der Waals surface area (Å²) in [7, 11) is -5.70. The summed E-state index contributed by atoms with van der Waals surface area (Å²) in [5.41, 5.74) is 0.166. The number of hydrogen-bond donors (Lipinski definition) is 1. The van der Waals surface area contributed by atoms with E-state index in [0.717, 1.165) is 0 Å². The first-order valence-electron chi connectivity index (χ1n) is 5.47. The molecule has 0 saturated carbocycles. The molecule has 7 nitrogen and oxygen atoms in total. The quantitative estimate of drug-likeness (QED) is 0.398. The van der Waals surface area contributed by atoms with E-state index in [9.17, 15) is 26.8 Å². The maximum atomic E-state index is 12.8. The summed E-state index contributed by atoms with van der Waals surface area (Å²) in [5, 5.41) is -4.64. The average Bonchev–Trinajstić information content (AvgIpc) is 2.42.